The summed E-state index contributed by atoms with van der Waals surface area (Å²) in [6, 6.07) is 2.58. The molecule has 1 aromatic rings. The van der Waals surface area contributed by atoms with Gasteiger partial charge in [-0.3, -0.25) is 0 Å². The lowest BCUT2D eigenvalue weighted by atomic mass is 10.2. The highest BCUT2D eigenvalue weighted by atomic mass is 35.5. The maximum absolute atomic E-state index is 12.1. The first-order valence-corrected chi connectivity index (χ1v) is 8.82. The molecule has 5 nitrogen and oxygen atoms in total. The lowest BCUT2D eigenvalue weighted by Crippen LogP contribution is -2.28. The van der Waals surface area contributed by atoms with Crippen molar-refractivity contribution in [2.24, 2.45) is 0 Å². The highest BCUT2D eigenvalue weighted by Crippen LogP contribution is 2.28. The molecule has 120 valence electrons. The van der Waals surface area contributed by atoms with Crippen LogP contribution >= 0.6 is 23.2 Å². The third-order valence-electron chi connectivity index (χ3n) is 2.74. The fraction of sp³-hybridized carbons (Fsp3) is 0.538. The lowest BCUT2D eigenvalue weighted by Gasteiger charge is -2.11. The van der Waals surface area contributed by atoms with Gasteiger partial charge in [0, 0.05) is 18.2 Å². The number of aliphatic hydroxyl groups is 1. The van der Waals surface area contributed by atoms with E-state index in [1.807, 2.05) is 6.92 Å². The van der Waals surface area contributed by atoms with Gasteiger partial charge >= 0.3 is 0 Å². The van der Waals surface area contributed by atoms with Crippen LogP contribution in [0.4, 0.5) is 0 Å². The van der Waals surface area contributed by atoms with Gasteiger partial charge in [-0.15, -0.1) is 0 Å². The fourth-order valence-electron chi connectivity index (χ4n) is 1.57. The van der Waals surface area contributed by atoms with Crippen molar-refractivity contribution in [1.82, 2.24) is 4.72 Å². The number of unbranched alkanes of at least 4 members (excludes halogenated alkanes) is 1. The molecule has 0 radical (unpaired) electrons. The first kappa shape index (κ1) is 18.7. The van der Waals surface area contributed by atoms with E-state index in [4.69, 9.17) is 33.0 Å². The number of hydrogen-bond acceptors (Lipinski definition) is 4. The minimum Gasteiger partial charge on any atom is -0.392 e. The van der Waals surface area contributed by atoms with E-state index < -0.39 is 10.0 Å². The maximum Gasteiger partial charge on any atom is 0.242 e. The van der Waals surface area contributed by atoms with Crippen molar-refractivity contribution in [3.8, 4) is 0 Å². The number of rotatable bonds is 9. The molecular formula is C13H19Cl2NO4S. The molecule has 0 aliphatic rings. The Hall–Kier alpha value is -0.370. The molecule has 0 fully saturated rings. The van der Waals surface area contributed by atoms with E-state index in [0.717, 1.165) is 12.8 Å². The first-order chi connectivity index (χ1) is 9.92. The van der Waals surface area contributed by atoms with E-state index in [0.29, 0.717) is 12.2 Å². The summed E-state index contributed by atoms with van der Waals surface area (Å²) in [6.07, 6.45) is 1.96. The molecule has 0 heterocycles. The minimum atomic E-state index is -3.76. The summed E-state index contributed by atoms with van der Waals surface area (Å²) in [5, 5.41) is 9.37. The van der Waals surface area contributed by atoms with E-state index in [1.165, 1.54) is 12.1 Å². The molecule has 21 heavy (non-hydrogen) atoms. The largest absolute Gasteiger partial charge is 0.392 e. The van der Waals surface area contributed by atoms with Crippen molar-refractivity contribution in [2.75, 3.05) is 19.8 Å². The molecule has 2 N–H and O–H groups in total. The van der Waals surface area contributed by atoms with Gasteiger partial charge in [-0.1, -0.05) is 36.5 Å². The molecule has 1 rings (SSSR count). The second-order valence-corrected chi connectivity index (χ2v) is 6.95. The van der Waals surface area contributed by atoms with E-state index in [-0.39, 0.29) is 34.7 Å². The van der Waals surface area contributed by atoms with Gasteiger partial charge in [0.25, 0.3) is 0 Å². The Bertz CT molecular complexity index is 564. The molecule has 0 saturated heterocycles. The summed E-state index contributed by atoms with van der Waals surface area (Å²) in [5.74, 6) is 0. The van der Waals surface area contributed by atoms with Crippen LogP contribution in [0.15, 0.2) is 17.0 Å². The van der Waals surface area contributed by atoms with E-state index in [9.17, 15) is 8.42 Å². The number of aliphatic hydroxyl groups excluding tert-OH is 1. The van der Waals surface area contributed by atoms with Crippen LogP contribution in [-0.4, -0.2) is 33.3 Å². The predicted octanol–water partition coefficient (Wildman–Crippen LogP) is 2.58. The number of sulfonamides is 1. The highest BCUT2D eigenvalue weighted by molar-refractivity contribution is 7.89. The monoisotopic (exact) mass is 355 g/mol. The molecule has 0 atom stereocenters. The van der Waals surface area contributed by atoms with Crippen molar-refractivity contribution in [2.45, 2.75) is 31.3 Å². The van der Waals surface area contributed by atoms with Gasteiger partial charge in [0.15, 0.2) is 0 Å². The van der Waals surface area contributed by atoms with Gasteiger partial charge in [-0.2, -0.15) is 0 Å². The molecule has 0 spiro atoms. The molecule has 0 aliphatic heterocycles. The van der Waals surface area contributed by atoms with Gasteiger partial charge in [0.05, 0.1) is 18.2 Å². The van der Waals surface area contributed by atoms with Gasteiger partial charge < -0.3 is 9.84 Å². The van der Waals surface area contributed by atoms with Crippen LogP contribution in [0.5, 0.6) is 0 Å². The Labute approximate surface area is 135 Å². The zero-order chi connectivity index (χ0) is 15.9. The molecule has 0 bridgehead atoms. The Morgan fingerprint density at radius 1 is 1.24 bits per heavy atom. The third-order valence-corrected chi connectivity index (χ3v) is 5.02. The summed E-state index contributed by atoms with van der Waals surface area (Å²) in [4.78, 5) is -0.105. The number of nitrogens with one attached hydrogen (secondary N) is 1. The average molecular weight is 356 g/mol. The maximum atomic E-state index is 12.1. The van der Waals surface area contributed by atoms with Crippen LogP contribution < -0.4 is 4.72 Å². The Kier molecular flexibility index (Phi) is 7.94. The van der Waals surface area contributed by atoms with Crippen molar-refractivity contribution >= 4 is 33.2 Å². The zero-order valence-corrected chi connectivity index (χ0v) is 14.1. The van der Waals surface area contributed by atoms with Gasteiger partial charge in [0.1, 0.15) is 4.90 Å². The molecule has 0 aliphatic carbocycles. The molecule has 8 heteroatoms. The van der Waals surface area contributed by atoms with Crippen LogP contribution in [0.2, 0.25) is 10.0 Å². The third kappa shape index (κ3) is 5.73. The number of halogens is 2. The summed E-state index contributed by atoms with van der Waals surface area (Å²) in [7, 11) is -3.76. The highest BCUT2D eigenvalue weighted by Gasteiger charge is 2.19. The quantitative estimate of drug-likeness (QED) is 0.667. The summed E-state index contributed by atoms with van der Waals surface area (Å²) < 4.78 is 32.0. The minimum absolute atomic E-state index is 0.0107. The van der Waals surface area contributed by atoms with E-state index >= 15 is 0 Å². The summed E-state index contributed by atoms with van der Waals surface area (Å²) >= 11 is 11.8. The van der Waals surface area contributed by atoms with Crippen molar-refractivity contribution in [3.63, 3.8) is 0 Å². The van der Waals surface area contributed by atoms with Gasteiger partial charge in [-0.25, -0.2) is 13.1 Å². The molecule has 0 aromatic heterocycles. The van der Waals surface area contributed by atoms with Crippen molar-refractivity contribution < 1.29 is 18.3 Å². The Balaban J connectivity index is 2.70. The Morgan fingerprint density at radius 3 is 2.57 bits per heavy atom. The average Bonchev–Trinajstić information content (AvgIpc) is 2.42. The standard InChI is InChI=1S/C13H19Cl2NO4S/c1-2-3-5-20-6-4-16-21(18,19)13-7-10(9-17)11(14)8-12(13)15/h7-8,16-17H,2-6,9H2,1H3. The fourth-order valence-corrected chi connectivity index (χ4v) is 3.44. The van der Waals surface area contributed by atoms with Crippen LogP contribution in [0.1, 0.15) is 25.3 Å². The van der Waals surface area contributed by atoms with E-state index in [1.54, 1.807) is 0 Å². The first-order valence-electron chi connectivity index (χ1n) is 6.58. The molecule has 0 amide bonds. The molecule has 0 saturated carbocycles. The second-order valence-electron chi connectivity index (χ2n) is 4.40. The van der Waals surface area contributed by atoms with Gasteiger partial charge in [0.2, 0.25) is 10.0 Å². The SMILES string of the molecule is CCCCOCCNS(=O)(=O)c1cc(CO)c(Cl)cc1Cl. The predicted molar refractivity (Wildman–Crippen MR) is 83.3 cm³/mol. The smallest absolute Gasteiger partial charge is 0.242 e. The van der Waals surface area contributed by atoms with Crippen LogP contribution in [-0.2, 0) is 21.4 Å². The summed E-state index contributed by atoms with van der Waals surface area (Å²) in [5.41, 5.74) is 0.306. The van der Waals surface area contributed by atoms with Crippen molar-refractivity contribution in [3.05, 3.63) is 27.7 Å². The topological polar surface area (TPSA) is 75.6 Å². The lowest BCUT2D eigenvalue weighted by molar-refractivity contribution is 0.136. The summed E-state index contributed by atoms with van der Waals surface area (Å²) in [6.45, 7) is 2.73. The van der Waals surface area contributed by atoms with E-state index in [2.05, 4.69) is 4.72 Å². The zero-order valence-electron chi connectivity index (χ0n) is 11.7. The van der Waals surface area contributed by atoms with Crippen molar-refractivity contribution in [1.29, 1.82) is 0 Å². The van der Waals surface area contributed by atoms with Gasteiger partial charge in [-0.05, 0) is 24.1 Å². The normalized spacial score (nSPS) is 11.8. The number of ether oxygens (including phenoxy) is 1. The number of hydrogen-bond donors (Lipinski definition) is 2. The van der Waals surface area contributed by atoms with Crippen LogP contribution in [0.25, 0.3) is 0 Å². The number of benzene rings is 1. The molecule has 1 aromatic carbocycles. The molecular weight excluding hydrogens is 337 g/mol. The Morgan fingerprint density at radius 2 is 1.95 bits per heavy atom. The molecule has 0 unspecified atom stereocenters. The van der Waals surface area contributed by atoms with Crippen LogP contribution in [0.3, 0.4) is 0 Å². The van der Waals surface area contributed by atoms with Crippen LogP contribution in [0, 0.1) is 0 Å². The second kappa shape index (κ2) is 8.92.